The third-order valence-electron chi connectivity index (χ3n) is 3.78. The monoisotopic (exact) mass is 192 g/mol. The van der Waals surface area contributed by atoms with Gasteiger partial charge in [0, 0.05) is 0 Å². The first-order chi connectivity index (χ1) is 6.81. The maximum absolute atomic E-state index is 9.18. The number of nitriles is 1. The summed E-state index contributed by atoms with van der Waals surface area (Å²) in [6, 6.07) is 2.56. The van der Waals surface area contributed by atoms with Gasteiger partial charge in [0.2, 0.25) is 0 Å². The maximum atomic E-state index is 9.18. The van der Waals surface area contributed by atoms with Gasteiger partial charge in [0.25, 0.3) is 0 Å². The minimum atomic E-state index is 0.376. The molecule has 2 unspecified atom stereocenters. The molecule has 1 heterocycles. The van der Waals surface area contributed by atoms with E-state index in [-0.39, 0.29) is 0 Å². The molecule has 2 rings (SSSR count). The van der Waals surface area contributed by atoms with Crippen LogP contribution in [0.1, 0.15) is 32.1 Å². The summed E-state index contributed by atoms with van der Waals surface area (Å²) in [6.07, 6.45) is 6.42. The summed E-state index contributed by atoms with van der Waals surface area (Å²) in [5, 5.41) is 9.18. The van der Waals surface area contributed by atoms with Crippen LogP contribution in [0.25, 0.3) is 0 Å². The highest BCUT2D eigenvalue weighted by atomic mass is 15.1. The Hall–Kier alpha value is -0.550. The van der Waals surface area contributed by atoms with E-state index in [0.29, 0.717) is 11.8 Å². The number of nitrogens with zero attached hydrogens (tertiary/aromatic N) is 2. The van der Waals surface area contributed by atoms with E-state index in [1.165, 1.54) is 45.2 Å². The number of rotatable bonds is 2. The van der Waals surface area contributed by atoms with Crippen LogP contribution in [-0.4, -0.2) is 25.0 Å². The van der Waals surface area contributed by atoms with Crippen LogP contribution in [0.15, 0.2) is 0 Å². The van der Waals surface area contributed by atoms with Gasteiger partial charge in [-0.25, -0.2) is 0 Å². The van der Waals surface area contributed by atoms with Crippen molar-refractivity contribution in [3.63, 3.8) is 0 Å². The Labute approximate surface area is 86.9 Å². The molecule has 0 radical (unpaired) electrons. The van der Waals surface area contributed by atoms with Crippen molar-refractivity contribution in [2.75, 3.05) is 20.1 Å². The first-order valence-electron chi connectivity index (χ1n) is 5.89. The second kappa shape index (κ2) is 4.31. The van der Waals surface area contributed by atoms with E-state index < -0.39 is 0 Å². The van der Waals surface area contributed by atoms with Crippen LogP contribution in [-0.2, 0) is 0 Å². The van der Waals surface area contributed by atoms with Crippen LogP contribution < -0.4 is 0 Å². The molecule has 0 amide bonds. The molecule has 2 atom stereocenters. The lowest BCUT2D eigenvalue weighted by atomic mass is 9.84. The number of hydrogen-bond donors (Lipinski definition) is 0. The van der Waals surface area contributed by atoms with Crippen LogP contribution in [0.4, 0.5) is 0 Å². The molecule has 2 aliphatic rings. The van der Waals surface area contributed by atoms with E-state index in [1.54, 1.807) is 0 Å². The predicted octanol–water partition coefficient (Wildman–Crippen LogP) is 2.27. The molecule has 0 aromatic rings. The lowest BCUT2D eigenvalue weighted by Gasteiger charge is -2.19. The Morgan fingerprint density at radius 3 is 2.50 bits per heavy atom. The van der Waals surface area contributed by atoms with Crippen molar-refractivity contribution in [3.05, 3.63) is 0 Å². The van der Waals surface area contributed by atoms with Crippen molar-refractivity contribution in [2.24, 2.45) is 17.8 Å². The van der Waals surface area contributed by atoms with E-state index in [2.05, 4.69) is 18.0 Å². The largest absolute Gasteiger partial charge is 0.306 e. The minimum Gasteiger partial charge on any atom is -0.306 e. The second-order valence-electron chi connectivity index (χ2n) is 4.99. The Bertz CT molecular complexity index is 227. The van der Waals surface area contributed by atoms with E-state index in [9.17, 15) is 5.26 Å². The molecule has 14 heavy (non-hydrogen) atoms. The predicted molar refractivity (Wildman–Crippen MR) is 56.7 cm³/mol. The van der Waals surface area contributed by atoms with Gasteiger partial charge in [0.15, 0.2) is 0 Å². The topological polar surface area (TPSA) is 27.0 Å². The zero-order valence-corrected chi connectivity index (χ0v) is 9.08. The summed E-state index contributed by atoms with van der Waals surface area (Å²) in [6.45, 7) is 2.41. The van der Waals surface area contributed by atoms with Crippen molar-refractivity contribution < 1.29 is 0 Å². The van der Waals surface area contributed by atoms with Gasteiger partial charge in [0.05, 0.1) is 12.0 Å². The summed E-state index contributed by atoms with van der Waals surface area (Å²) >= 11 is 0. The molecule has 78 valence electrons. The lowest BCUT2D eigenvalue weighted by Crippen LogP contribution is -2.20. The smallest absolute Gasteiger partial charge is 0.0661 e. The van der Waals surface area contributed by atoms with Crippen LogP contribution in [0, 0.1) is 29.1 Å². The van der Waals surface area contributed by atoms with Gasteiger partial charge in [-0.15, -0.1) is 0 Å². The molecular weight excluding hydrogens is 172 g/mol. The average Bonchev–Trinajstić information content (AvgIpc) is 2.97. The lowest BCUT2D eigenvalue weighted by molar-refractivity contribution is 0.309. The summed E-state index contributed by atoms with van der Waals surface area (Å²) in [5.74, 6) is 1.83. The third-order valence-corrected chi connectivity index (χ3v) is 3.78. The van der Waals surface area contributed by atoms with E-state index in [1.807, 2.05) is 0 Å². The Kier molecular flexibility index (Phi) is 3.08. The summed E-state index contributed by atoms with van der Waals surface area (Å²) in [7, 11) is 2.20. The number of hydrogen-bond acceptors (Lipinski definition) is 2. The normalized spacial score (nSPS) is 31.9. The van der Waals surface area contributed by atoms with Gasteiger partial charge in [-0.3, -0.25) is 0 Å². The Balaban J connectivity index is 1.92. The van der Waals surface area contributed by atoms with E-state index >= 15 is 0 Å². The molecule has 2 heteroatoms. The van der Waals surface area contributed by atoms with Crippen LogP contribution in [0.5, 0.6) is 0 Å². The Morgan fingerprint density at radius 2 is 1.86 bits per heavy atom. The van der Waals surface area contributed by atoms with Gasteiger partial charge in [-0.2, -0.15) is 5.26 Å². The van der Waals surface area contributed by atoms with E-state index in [4.69, 9.17) is 0 Å². The van der Waals surface area contributed by atoms with Gasteiger partial charge < -0.3 is 4.90 Å². The van der Waals surface area contributed by atoms with Crippen molar-refractivity contribution >= 4 is 0 Å². The molecule has 2 fully saturated rings. The molecule has 1 saturated carbocycles. The molecule has 0 spiro atoms. The zero-order valence-electron chi connectivity index (χ0n) is 9.08. The molecule has 0 bridgehead atoms. The van der Waals surface area contributed by atoms with Crippen molar-refractivity contribution in [3.8, 4) is 6.07 Å². The average molecular weight is 192 g/mol. The fraction of sp³-hybridized carbons (Fsp3) is 0.917. The van der Waals surface area contributed by atoms with Crippen molar-refractivity contribution in [1.29, 1.82) is 5.26 Å². The SMILES string of the molecule is CN1CCCC(C(C#N)C2CC2)CC1. The first kappa shape index (κ1) is 9.98. The van der Waals surface area contributed by atoms with E-state index in [0.717, 1.165) is 5.92 Å². The molecule has 1 saturated heterocycles. The highest BCUT2D eigenvalue weighted by molar-refractivity contribution is 4.98. The van der Waals surface area contributed by atoms with Crippen LogP contribution in [0.3, 0.4) is 0 Å². The summed E-state index contributed by atoms with van der Waals surface area (Å²) in [4.78, 5) is 2.40. The molecule has 0 aromatic carbocycles. The molecule has 1 aliphatic carbocycles. The zero-order chi connectivity index (χ0) is 9.97. The molecule has 2 nitrogen and oxygen atoms in total. The second-order valence-corrected chi connectivity index (χ2v) is 4.99. The molecule has 0 aromatic heterocycles. The van der Waals surface area contributed by atoms with Gasteiger partial charge >= 0.3 is 0 Å². The quantitative estimate of drug-likeness (QED) is 0.671. The fourth-order valence-corrected chi connectivity index (χ4v) is 2.68. The van der Waals surface area contributed by atoms with Gasteiger partial charge in [-0.05, 0) is 64.1 Å². The Morgan fingerprint density at radius 1 is 1.14 bits per heavy atom. The van der Waals surface area contributed by atoms with Crippen molar-refractivity contribution in [1.82, 2.24) is 4.90 Å². The van der Waals surface area contributed by atoms with Gasteiger partial charge in [-0.1, -0.05) is 0 Å². The molecular formula is C12H20N2. The maximum Gasteiger partial charge on any atom is 0.0661 e. The molecule has 0 N–H and O–H groups in total. The van der Waals surface area contributed by atoms with Crippen molar-refractivity contribution in [2.45, 2.75) is 32.1 Å². The van der Waals surface area contributed by atoms with Crippen LogP contribution >= 0.6 is 0 Å². The minimum absolute atomic E-state index is 0.376. The van der Waals surface area contributed by atoms with Gasteiger partial charge in [0.1, 0.15) is 0 Å². The molecule has 1 aliphatic heterocycles. The summed E-state index contributed by atoms with van der Waals surface area (Å²) in [5.41, 5.74) is 0. The number of likely N-dealkylation sites (tertiary alicyclic amines) is 1. The third kappa shape index (κ3) is 2.27. The highest BCUT2D eigenvalue weighted by Gasteiger charge is 2.36. The standard InChI is InChI=1S/C12H20N2/c1-14-7-2-3-10(6-8-14)12(9-13)11-4-5-11/h10-12H,2-8H2,1H3. The first-order valence-corrected chi connectivity index (χ1v) is 5.89. The van der Waals surface area contributed by atoms with Crippen LogP contribution in [0.2, 0.25) is 0 Å². The fourth-order valence-electron chi connectivity index (χ4n) is 2.68. The summed E-state index contributed by atoms with van der Waals surface area (Å²) < 4.78 is 0. The highest BCUT2D eigenvalue weighted by Crippen LogP contribution is 2.42.